The summed E-state index contributed by atoms with van der Waals surface area (Å²) in [5.74, 6) is 0.614. The maximum absolute atomic E-state index is 12.5. The fraction of sp³-hybridized carbons (Fsp3) is 0.333. The van der Waals surface area contributed by atoms with Gasteiger partial charge in [-0.2, -0.15) is 0 Å². The number of hydrogen-bond donors (Lipinski definition) is 2. The molecule has 6 nitrogen and oxygen atoms in total. The van der Waals surface area contributed by atoms with E-state index in [0.717, 1.165) is 31.6 Å². The molecular formula is C21H25N3O3. The maximum atomic E-state index is 12.5. The number of anilines is 2. The number of nitrogens with one attached hydrogen (secondary N) is 2. The Morgan fingerprint density at radius 2 is 1.74 bits per heavy atom. The Bertz CT molecular complexity index is 784. The second-order valence-corrected chi connectivity index (χ2v) is 6.56. The van der Waals surface area contributed by atoms with Gasteiger partial charge in [-0.3, -0.25) is 9.59 Å². The normalized spacial score (nSPS) is 13.7. The first-order valence-corrected chi connectivity index (χ1v) is 9.23. The van der Waals surface area contributed by atoms with Crippen LogP contribution in [-0.4, -0.2) is 43.5 Å². The van der Waals surface area contributed by atoms with E-state index in [0.29, 0.717) is 17.0 Å². The molecule has 0 radical (unpaired) electrons. The third-order valence-electron chi connectivity index (χ3n) is 4.58. The molecule has 0 spiro atoms. The van der Waals surface area contributed by atoms with Crippen LogP contribution in [0.3, 0.4) is 0 Å². The van der Waals surface area contributed by atoms with Crippen molar-refractivity contribution in [1.82, 2.24) is 4.90 Å². The van der Waals surface area contributed by atoms with Crippen molar-refractivity contribution in [3.63, 3.8) is 0 Å². The Morgan fingerprint density at radius 3 is 2.44 bits per heavy atom. The molecule has 1 heterocycles. The highest BCUT2D eigenvalue weighted by Gasteiger charge is 2.17. The van der Waals surface area contributed by atoms with E-state index in [1.165, 1.54) is 6.42 Å². The highest BCUT2D eigenvalue weighted by Crippen LogP contribution is 2.17. The van der Waals surface area contributed by atoms with Gasteiger partial charge in [0.05, 0.1) is 13.7 Å². The summed E-state index contributed by atoms with van der Waals surface area (Å²) < 4.78 is 5.14. The van der Waals surface area contributed by atoms with Gasteiger partial charge in [-0.1, -0.05) is 6.07 Å². The number of hydrogen-bond acceptors (Lipinski definition) is 4. The Kier molecular flexibility index (Phi) is 6.30. The molecule has 1 aliphatic rings. The average molecular weight is 367 g/mol. The molecular weight excluding hydrogens is 342 g/mol. The van der Waals surface area contributed by atoms with E-state index in [1.807, 2.05) is 29.2 Å². The molecule has 1 aliphatic heterocycles. The number of benzene rings is 2. The molecule has 2 aromatic carbocycles. The first-order valence-electron chi connectivity index (χ1n) is 9.23. The zero-order chi connectivity index (χ0) is 19.1. The Hall–Kier alpha value is -3.02. The number of likely N-dealkylation sites (tertiary alicyclic amines) is 1. The summed E-state index contributed by atoms with van der Waals surface area (Å²) >= 11 is 0. The van der Waals surface area contributed by atoms with Gasteiger partial charge < -0.3 is 20.3 Å². The van der Waals surface area contributed by atoms with Gasteiger partial charge >= 0.3 is 0 Å². The quantitative estimate of drug-likeness (QED) is 0.821. The van der Waals surface area contributed by atoms with E-state index < -0.39 is 0 Å². The van der Waals surface area contributed by atoms with Crippen molar-refractivity contribution in [3.05, 3.63) is 54.1 Å². The lowest BCUT2D eigenvalue weighted by atomic mass is 10.1. The topological polar surface area (TPSA) is 70.7 Å². The minimum Gasteiger partial charge on any atom is -0.497 e. The molecule has 142 valence electrons. The smallest absolute Gasteiger partial charge is 0.253 e. The number of ether oxygens (including phenoxy) is 1. The van der Waals surface area contributed by atoms with Crippen molar-refractivity contribution >= 4 is 23.2 Å². The molecule has 6 heteroatoms. The lowest BCUT2D eigenvalue weighted by Gasteiger charge is -2.26. The first kappa shape index (κ1) is 18.8. The van der Waals surface area contributed by atoms with Crippen LogP contribution in [0.5, 0.6) is 5.75 Å². The molecule has 1 saturated heterocycles. The van der Waals surface area contributed by atoms with Crippen LogP contribution in [-0.2, 0) is 4.79 Å². The molecule has 0 bridgehead atoms. The Morgan fingerprint density at radius 1 is 1.00 bits per heavy atom. The summed E-state index contributed by atoms with van der Waals surface area (Å²) in [6.07, 6.45) is 3.35. The van der Waals surface area contributed by atoms with E-state index in [-0.39, 0.29) is 18.4 Å². The van der Waals surface area contributed by atoms with Crippen molar-refractivity contribution in [2.75, 3.05) is 37.4 Å². The van der Waals surface area contributed by atoms with Crippen molar-refractivity contribution in [2.24, 2.45) is 0 Å². The van der Waals surface area contributed by atoms with Crippen LogP contribution in [0.2, 0.25) is 0 Å². The number of amides is 2. The zero-order valence-corrected chi connectivity index (χ0v) is 15.5. The largest absolute Gasteiger partial charge is 0.497 e. The van der Waals surface area contributed by atoms with Crippen molar-refractivity contribution in [2.45, 2.75) is 19.3 Å². The molecule has 0 aliphatic carbocycles. The van der Waals surface area contributed by atoms with Crippen LogP contribution in [0.15, 0.2) is 48.5 Å². The van der Waals surface area contributed by atoms with E-state index in [1.54, 1.807) is 31.4 Å². The fourth-order valence-electron chi connectivity index (χ4n) is 3.10. The Balaban J connectivity index is 1.50. The van der Waals surface area contributed by atoms with Crippen LogP contribution in [0.4, 0.5) is 11.4 Å². The molecule has 2 aromatic rings. The minimum atomic E-state index is -0.156. The molecule has 0 saturated carbocycles. The van der Waals surface area contributed by atoms with Gasteiger partial charge in [0, 0.05) is 36.1 Å². The molecule has 0 aromatic heterocycles. The second kappa shape index (κ2) is 9.07. The monoisotopic (exact) mass is 367 g/mol. The van der Waals surface area contributed by atoms with Gasteiger partial charge in [0.1, 0.15) is 5.75 Å². The lowest BCUT2D eigenvalue weighted by molar-refractivity contribution is -0.114. The number of carbonyl (C=O) groups is 2. The van der Waals surface area contributed by atoms with Gasteiger partial charge in [0.25, 0.3) is 5.91 Å². The summed E-state index contributed by atoms with van der Waals surface area (Å²) in [4.78, 5) is 26.5. The molecule has 2 amide bonds. The molecule has 0 atom stereocenters. The zero-order valence-electron chi connectivity index (χ0n) is 15.5. The SMILES string of the molecule is COc1cccc(NC(=O)CNc2ccc(C(=O)N3CCCCC3)cc2)c1. The summed E-state index contributed by atoms with van der Waals surface area (Å²) in [5.41, 5.74) is 2.16. The van der Waals surface area contributed by atoms with Gasteiger partial charge in [-0.25, -0.2) is 0 Å². The lowest BCUT2D eigenvalue weighted by Crippen LogP contribution is -2.35. The average Bonchev–Trinajstić information content (AvgIpc) is 2.73. The van der Waals surface area contributed by atoms with E-state index in [4.69, 9.17) is 4.74 Å². The van der Waals surface area contributed by atoms with Crippen LogP contribution in [0.25, 0.3) is 0 Å². The molecule has 2 N–H and O–H groups in total. The van der Waals surface area contributed by atoms with Crippen LogP contribution in [0, 0.1) is 0 Å². The van der Waals surface area contributed by atoms with Crippen LogP contribution in [0.1, 0.15) is 29.6 Å². The van der Waals surface area contributed by atoms with Gasteiger partial charge in [0.2, 0.25) is 5.91 Å². The van der Waals surface area contributed by atoms with Crippen LogP contribution < -0.4 is 15.4 Å². The third-order valence-corrected chi connectivity index (χ3v) is 4.58. The summed E-state index contributed by atoms with van der Waals surface area (Å²) in [7, 11) is 1.59. The molecule has 27 heavy (non-hydrogen) atoms. The van der Waals surface area contributed by atoms with E-state index >= 15 is 0 Å². The van der Waals surface area contributed by atoms with E-state index in [9.17, 15) is 9.59 Å². The highest BCUT2D eigenvalue weighted by atomic mass is 16.5. The molecule has 3 rings (SSSR count). The number of rotatable bonds is 6. The summed E-state index contributed by atoms with van der Waals surface area (Å²) in [5, 5.41) is 5.89. The predicted molar refractivity (Wildman–Crippen MR) is 106 cm³/mol. The maximum Gasteiger partial charge on any atom is 0.253 e. The summed E-state index contributed by atoms with van der Waals surface area (Å²) in [6.45, 7) is 1.81. The standard InChI is InChI=1S/C21H25N3O3/c1-27-19-7-5-6-18(14-19)23-20(25)15-22-17-10-8-16(9-11-17)21(26)24-12-3-2-4-13-24/h5-11,14,22H,2-4,12-13,15H2,1H3,(H,23,25). The molecule has 1 fully saturated rings. The number of nitrogens with zero attached hydrogens (tertiary/aromatic N) is 1. The Labute approximate surface area is 159 Å². The number of methoxy groups -OCH3 is 1. The van der Waals surface area contributed by atoms with Crippen molar-refractivity contribution in [3.8, 4) is 5.75 Å². The van der Waals surface area contributed by atoms with Gasteiger partial charge in [-0.15, -0.1) is 0 Å². The van der Waals surface area contributed by atoms with Gasteiger partial charge in [0.15, 0.2) is 0 Å². The van der Waals surface area contributed by atoms with Crippen LogP contribution >= 0.6 is 0 Å². The van der Waals surface area contributed by atoms with E-state index in [2.05, 4.69) is 10.6 Å². The molecule has 0 unspecified atom stereocenters. The number of carbonyl (C=O) groups excluding carboxylic acids is 2. The van der Waals surface area contributed by atoms with Crippen molar-refractivity contribution in [1.29, 1.82) is 0 Å². The summed E-state index contributed by atoms with van der Waals surface area (Å²) in [6, 6.07) is 14.5. The third kappa shape index (κ3) is 5.23. The first-order chi connectivity index (χ1) is 13.2. The fourth-order valence-corrected chi connectivity index (χ4v) is 3.10. The predicted octanol–water partition coefficient (Wildman–Crippen LogP) is 3.37. The highest BCUT2D eigenvalue weighted by molar-refractivity contribution is 5.95. The second-order valence-electron chi connectivity index (χ2n) is 6.56. The minimum absolute atomic E-state index is 0.0806. The number of piperidine rings is 1. The van der Waals surface area contributed by atoms with Gasteiger partial charge in [-0.05, 0) is 55.7 Å². The van der Waals surface area contributed by atoms with Crippen molar-refractivity contribution < 1.29 is 14.3 Å².